The number of hydrogen-bond acceptors (Lipinski definition) is 3. The van der Waals surface area contributed by atoms with Crippen LogP contribution in [0.1, 0.15) is 34.7 Å². The summed E-state index contributed by atoms with van der Waals surface area (Å²) in [5, 5.41) is 10.3. The van der Waals surface area contributed by atoms with Crippen LogP contribution < -0.4 is 5.73 Å². The molecule has 3 aromatic rings. The molecule has 0 aliphatic rings. The molecule has 1 amide bonds. The number of carboxylic acid groups (broad SMARTS) is 1. The summed E-state index contributed by atoms with van der Waals surface area (Å²) in [6.07, 6.45) is 0.487. The summed E-state index contributed by atoms with van der Waals surface area (Å²) >= 11 is 0. The topological polar surface area (TPSA) is 102 Å². The number of fused-ring (bicyclic) bond motifs is 1. The summed E-state index contributed by atoms with van der Waals surface area (Å²) in [5.41, 5.74) is 9.49. The van der Waals surface area contributed by atoms with Crippen LogP contribution in [0.5, 0.6) is 0 Å². The molecule has 144 valence electrons. The quantitative estimate of drug-likeness (QED) is 0.588. The molecule has 1 heterocycles. The second-order valence-electron chi connectivity index (χ2n) is 6.81. The van der Waals surface area contributed by atoms with Gasteiger partial charge in [0.2, 0.25) is 5.91 Å². The number of carboxylic acids is 1. The van der Waals surface area contributed by atoms with Crippen LogP contribution in [0.15, 0.2) is 48.5 Å². The monoisotopic (exact) mass is 378 g/mol. The molecule has 0 aliphatic heterocycles. The highest BCUT2D eigenvalue weighted by Gasteiger charge is 2.26. The molecule has 0 saturated heterocycles. The van der Waals surface area contributed by atoms with Crippen molar-refractivity contribution in [3.05, 3.63) is 70.9 Å². The fourth-order valence-corrected chi connectivity index (χ4v) is 3.74. The number of carbonyl (C=O) groups is 3. The lowest BCUT2D eigenvalue weighted by Gasteiger charge is -2.13. The van der Waals surface area contributed by atoms with Gasteiger partial charge >= 0.3 is 5.97 Å². The summed E-state index contributed by atoms with van der Waals surface area (Å²) < 4.78 is 2.06. The SMILES string of the molecule is Cc1c(CC(N)=O)c2c(C(CC=O)C(=O)O)cccc2n1Cc1ccccc1. The van der Waals surface area contributed by atoms with Crippen molar-refractivity contribution in [2.24, 2.45) is 5.73 Å². The van der Waals surface area contributed by atoms with Gasteiger partial charge in [-0.05, 0) is 29.7 Å². The van der Waals surface area contributed by atoms with E-state index in [0.29, 0.717) is 29.3 Å². The zero-order chi connectivity index (χ0) is 20.3. The van der Waals surface area contributed by atoms with E-state index in [0.717, 1.165) is 16.8 Å². The first-order chi connectivity index (χ1) is 13.4. The minimum atomic E-state index is -1.07. The Balaban J connectivity index is 2.27. The van der Waals surface area contributed by atoms with Crippen LogP contribution in [0.2, 0.25) is 0 Å². The lowest BCUT2D eigenvalue weighted by atomic mass is 9.91. The van der Waals surface area contributed by atoms with E-state index in [1.807, 2.05) is 43.3 Å². The molecule has 0 fully saturated rings. The summed E-state index contributed by atoms with van der Waals surface area (Å²) in [7, 11) is 0. The molecule has 1 aromatic heterocycles. The van der Waals surface area contributed by atoms with Crippen LogP contribution in [0.4, 0.5) is 0 Å². The van der Waals surface area contributed by atoms with E-state index in [1.165, 1.54) is 0 Å². The first-order valence-corrected chi connectivity index (χ1v) is 9.03. The van der Waals surface area contributed by atoms with Gasteiger partial charge in [-0.3, -0.25) is 9.59 Å². The van der Waals surface area contributed by atoms with Crippen molar-refractivity contribution in [2.45, 2.75) is 32.2 Å². The van der Waals surface area contributed by atoms with E-state index in [2.05, 4.69) is 4.57 Å². The Labute approximate surface area is 162 Å². The van der Waals surface area contributed by atoms with Crippen LogP contribution in [0, 0.1) is 6.92 Å². The number of hydrogen-bond donors (Lipinski definition) is 2. The van der Waals surface area contributed by atoms with E-state index in [9.17, 15) is 19.5 Å². The minimum absolute atomic E-state index is 0.00850. The lowest BCUT2D eigenvalue weighted by Crippen LogP contribution is -2.16. The molecule has 6 heteroatoms. The van der Waals surface area contributed by atoms with Crippen molar-refractivity contribution < 1.29 is 19.5 Å². The molecule has 0 saturated carbocycles. The molecule has 1 unspecified atom stereocenters. The van der Waals surface area contributed by atoms with E-state index < -0.39 is 17.8 Å². The van der Waals surface area contributed by atoms with Crippen molar-refractivity contribution in [2.75, 3.05) is 0 Å². The van der Waals surface area contributed by atoms with Gasteiger partial charge in [-0.2, -0.15) is 0 Å². The number of aldehydes is 1. The van der Waals surface area contributed by atoms with Crippen LogP contribution in [0.25, 0.3) is 10.9 Å². The van der Waals surface area contributed by atoms with Gasteiger partial charge in [0.15, 0.2) is 0 Å². The van der Waals surface area contributed by atoms with Gasteiger partial charge in [0.05, 0.1) is 12.3 Å². The first kappa shape index (κ1) is 19.4. The van der Waals surface area contributed by atoms with Crippen LogP contribution in [-0.2, 0) is 27.3 Å². The highest BCUT2D eigenvalue weighted by Crippen LogP contribution is 2.35. The third-order valence-corrected chi connectivity index (χ3v) is 5.05. The van der Waals surface area contributed by atoms with Gasteiger partial charge in [0.25, 0.3) is 0 Å². The molecular weight excluding hydrogens is 356 g/mol. The van der Waals surface area contributed by atoms with Crippen LogP contribution in [0.3, 0.4) is 0 Å². The Bertz CT molecular complexity index is 1040. The number of benzene rings is 2. The molecule has 0 aliphatic carbocycles. The number of nitrogens with two attached hydrogens (primary N) is 1. The number of carbonyl (C=O) groups excluding carboxylic acids is 2. The van der Waals surface area contributed by atoms with Crippen LogP contribution in [-0.4, -0.2) is 27.8 Å². The maximum Gasteiger partial charge on any atom is 0.311 e. The van der Waals surface area contributed by atoms with Crippen molar-refractivity contribution in [3.63, 3.8) is 0 Å². The Hall–Kier alpha value is -3.41. The zero-order valence-electron chi connectivity index (χ0n) is 15.6. The van der Waals surface area contributed by atoms with E-state index in [4.69, 9.17) is 5.73 Å². The number of amides is 1. The molecule has 6 nitrogen and oxygen atoms in total. The molecule has 28 heavy (non-hydrogen) atoms. The molecule has 0 spiro atoms. The first-order valence-electron chi connectivity index (χ1n) is 9.03. The minimum Gasteiger partial charge on any atom is -0.481 e. The Morgan fingerprint density at radius 2 is 1.86 bits per heavy atom. The molecule has 0 radical (unpaired) electrons. The number of primary amides is 1. The van der Waals surface area contributed by atoms with Gasteiger partial charge in [0, 0.05) is 29.6 Å². The van der Waals surface area contributed by atoms with Crippen LogP contribution >= 0.6 is 0 Å². The Kier molecular flexibility index (Phi) is 5.59. The largest absolute Gasteiger partial charge is 0.481 e. The average Bonchev–Trinajstić information content (AvgIpc) is 2.92. The fourth-order valence-electron chi connectivity index (χ4n) is 3.74. The van der Waals surface area contributed by atoms with Gasteiger partial charge in [-0.1, -0.05) is 42.5 Å². The predicted octanol–water partition coefficient (Wildman–Crippen LogP) is 2.78. The van der Waals surface area contributed by atoms with E-state index >= 15 is 0 Å². The standard InChI is InChI=1S/C22H22N2O4/c1-14-18(12-20(23)26)21-16(17(10-11-25)22(27)28)8-5-9-19(21)24(14)13-15-6-3-2-4-7-15/h2-9,11,17H,10,12-13H2,1H3,(H2,23,26)(H,27,28). The third-order valence-electron chi connectivity index (χ3n) is 5.05. The van der Waals surface area contributed by atoms with Crippen molar-refractivity contribution in [3.8, 4) is 0 Å². The number of rotatable bonds is 8. The fraction of sp³-hybridized carbons (Fsp3) is 0.227. The maximum atomic E-state index is 11.8. The van der Waals surface area contributed by atoms with E-state index in [1.54, 1.807) is 12.1 Å². The van der Waals surface area contributed by atoms with Gasteiger partial charge in [-0.15, -0.1) is 0 Å². The van der Waals surface area contributed by atoms with Gasteiger partial charge < -0.3 is 20.2 Å². The maximum absolute atomic E-state index is 11.8. The van der Waals surface area contributed by atoms with Gasteiger partial charge in [-0.25, -0.2) is 0 Å². The molecule has 3 N–H and O–H groups in total. The molecule has 3 rings (SSSR count). The highest BCUT2D eigenvalue weighted by atomic mass is 16.4. The molecule has 2 aromatic carbocycles. The summed E-state index contributed by atoms with van der Waals surface area (Å²) in [6.45, 7) is 2.48. The normalized spacial score (nSPS) is 12.0. The Morgan fingerprint density at radius 3 is 2.46 bits per heavy atom. The smallest absolute Gasteiger partial charge is 0.311 e. The van der Waals surface area contributed by atoms with Gasteiger partial charge in [0.1, 0.15) is 6.29 Å². The van der Waals surface area contributed by atoms with Crippen molar-refractivity contribution >= 4 is 29.1 Å². The highest BCUT2D eigenvalue weighted by molar-refractivity contribution is 5.96. The summed E-state index contributed by atoms with van der Waals surface area (Å²) in [5.74, 6) is -2.53. The molecule has 0 bridgehead atoms. The molecular formula is C22H22N2O4. The lowest BCUT2D eigenvalue weighted by molar-refractivity contribution is -0.139. The third kappa shape index (κ3) is 3.67. The number of nitrogens with zero attached hydrogens (tertiary/aromatic N) is 1. The van der Waals surface area contributed by atoms with E-state index in [-0.39, 0.29) is 12.8 Å². The van der Waals surface area contributed by atoms with Crippen molar-refractivity contribution in [1.29, 1.82) is 0 Å². The number of aliphatic carboxylic acids is 1. The predicted molar refractivity (Wildman–Crippen MR) is 106 cm³/mol. The Morgan fingerprint density at radius 1 is 1.14 bits per heavy atom. The summed E-state index contributed by atoms with van der Waals surface area (Å²) in [4.78, 5) is 34.6. The average molecular weight is 378 g/mol. The summed E-state index contributed by atoms with van der Waals surface area (Å²) in [6, 6.07) is 15.3. The number of aromatic nitrogens is 1. The zero-order valence-corrected chi connectivity index (χ0v) is 15.6. The molecule has 1 atom stereocenters. The van der Waals surface area contributed by atoms with Crippen molar-refractivity contribution in [1.82, 2.24) is 4.57 Å². The second-order valence-corrected chi connectivity index (χ2v) is 6.81. The second kappa shape index (κ2) is 8.08.